The first-order valence-electron chi connectivity index (χ1n) is 4.13. The molecule has 0 N–H and O–H groups in total. The molecule has 0 amide bonds. The van der Waals surface area contributed by atoms with E-state index in [4.69, 9.17) is 4.18 Å². The van der Waals surface area contributed by atoms with Gasteiger partial charge in [0.1, 0.15) is 0 Å². The van der Waals surface area contributed by atoms with E-state index in [1.165, 1.54) is 0 Å². The van der Waals surface area contributed by atoms with Crippen molar-refractivity contribution >= 4 is 10.4 Å². The average Bonchev–Trinajstić information content (AvgIpc) is 2.00. The van der Waals surface area contributed by atoms with E-state index in [9.17, 15) is 8.42 Å². The fourth-order valence-electron chi connectivity index (χ4n) is 0.764. The van der Waals surface area contributed by atoms with Gasteiger partial charge in [0.25, 0.3) is 0 Å². The van der Waals surface area contributed by atoms with E-state index >= 15 is 0 Å². The highest BCUT2D eigenvalue weighted by Crippen LogP contribution is 2.08. The van der Waals surface area contributed by atoms with Crippen LogP contribution in [0.15, 0.2) is 0 Å². The molecular weight excluding hydrogens is 180 g/mol. The molecule has 0 aromatic rings. The van der Waals surface area contributed by atoms with Crippen LogP contribution in [0, 0.1) is 0 Å². The van der Waals surface area contributed by atoms with Crippen molar-refractivity contribution in [3.8, 4) is 0 Å². The van der Waals surface area contributed by atoms with Crippen LogP contribution < -0.4 is 0 Å². The minimum absolute atomic E-state index is 0.114. The quantitative estimate of drug-likeness (QED) is 0.645. The molecule has 0 spiro atoms. The van der Waals surface area contributed by atoms with Gasteiger partial charge < -0.3 is 0 Å². The number of hydrogen-bond acceptors (Lipinski definition) is 4. The van der Waals surface area contributed by atoms with Gasteiger partial charge in [-0.2, -0.15) is 8.42 Å². The molecule has 0 fully saturated rings. The van der Waals surface area contributed by atoms with Gasteiger partial charge in [0, 0.05) is 0 Å². The summed E-state index contributed by atoms with van der Waals surface area (Å²) in [5.74, 6) is 0. The predicted molar refractivity (Wildman–Crippen MR) is 46.0 cm³/mol. The first-order chi connectivity index (χ1) is 5.55. The summed E-state index contributed by atoms with van der Waals surface area (Å²) in [6.45, 7) is 5.46. The minimum Gasteiger partial charge on any atom is -0.248 e. The van der Waals surface area contributed by atoms with Crippen LogP contribution in [0.4, 0.5) is 0 Å². The smallest absolute Gasteiger partial charge is 0.248 e. The number of hydrogen-bond donors (Lipinski definition) is 0. The van der Waals surface area contributed by atoms with E-state index < -0.39 is 10.4 Å². The van der Waals surface area contributed by atoms with Gasteiger partial charge in [-0.05, 0) is 19.8 Å². The van der Waals surface area contributed by atoms with Crippen LogP contribution in [0.1, 0.15) is 33.6 Å². The summed E-state index contributed by atoms with van der Waals surface area (Å²) in [6.07, 6.45) is 1.08. The molecule has 5 heteroatoms. The molecule has 0 radical (unpaired) electrons. The van der Waals surface area contributed by atoms with Crippen molar-refractivity contribution in [3.05, 3.63) is 0 Å². The molecule has 0 heterocycles. The second kappa shape index (κ2) is 5.50. The summed E-state index contributed by atoms with van der Waals surface area (Å²) in [5.41, 5.74) is 0. The minimum atomic E-state index is -3.76. The van der Waals surface area contributed by atoms with E-state index in [0.29, 0.717) is 12.8 Å². The molecule has 0 bridgehead atoms. The summed E-state index contributed by atoms with van der Waals surface area (Å²) < 4.78 is 31.0. The van der Waals surface area contributed by atoms with E-state index in [-0.39, 0.29) is 12.7 Å². The number of rotatable bonds is 6. The van der Waals surface area contributed by atoms with Gasteiger partial charge in [-0.25, -0.2) is 8.37 Å². The van der Waals surface area contributed by atoms with Crippen molar-refractivity contribution in [2.45, 2.75) is 39.7 Å². The third kappa shape index (κ3) is 4.69. The van der Waals surface area contributed by atoms with Gasteiger partial charge in [-0.15, -0.1) is 0 Å². The lowest BCUT2D eigenvalue weighted by atomic mass is 10.2. The average molecular weight is 196 g/mol. The highest BCUT2D eigenvalue weighted by Gasteiger charge is 2.16. The Hall–Kier alpha value is -0.130. The Morgan fingerprint density at radius 2 is 1.67 bits per heavy atom. The Balaban J connectivity index is 4.03. The molecule has 0 saturated heterocycles. The Morgan fingerprint density at radius 1 is 1.17 bits per heavy atom. The maximum atomic E-state index is 10.9. The molecule has 0 aromatic carbocycles. The zero-order valence-electron chi connectivity index (χ0n) is 7.74. The molecule has 0 saturated carbocycles. The molecule has 0 aliphatic heterocycles. The highest BCUT2D eigenvalue weighted by molar-refractivity contribution is 7.81. The maximum absolute atomic E-state index is 10.9. The topological polar surface area (TPSA) is 52.6 Å². The fourth-order valence-corrected chi connectivity index (χ4v) is 1.71. The van der Waals surface area contributed by atoms with Gasteiger partial charge in [-0.1, -0.05) is 13.8 Å². The van der Waals surface area contributed by atoms with E-state index in [2.05, 4.69) is 4.18 Å². The van der Waals surface area contributed by atoms with Crippen molar-refractivity contribution in [1.82, 2.24) is 0 Å². The van der Waals surface area contributed by atoms with Crippen LogP contribution in [0.5, 0.6) is 0 Å². The lowest BCUT2D eigenvalue weighted by molar-refractivity contribution is 0.153. The van der Waals surface area contributed by atoms with Crippen molar-refractivity contribution in [2.75, 3.05) is 6.61 Å². The second-order valence-corrected chi connectivity index (χ2v) is 3.59. The van der Waals surface area contributed by atoms with Crippen LogP contribution in [-0.2, 0) is 18.8 Å². The van der Waals surface area contributed by atoms with Crippen molar-refractivity contribution in [3.63, 3.8) is 0 Å². The molecule has 0 aliphatic rings. The second-order valence-electron chi connectivity index (χ2n) is 2.35. The van der Waals surface area contributed by atoms with Gasteiger partial charge >= 0.3 is 10.4 Å². The van der Waals surface area contributed by atoms with Gasteiger partial charge in [0.15, 0.2) is 0 Å². The lowest BCUT2D eigenvalue weighted by Crippen LogP contribution is -2.18. The zero-order valence-corrected chi connectivity index (χ0v) is 8.56. The fraction of sp³-hybridized carbons (Fsp3) is 1.00. The molecule has 0 aromatic heterocycles. The zero-order chi connectivity index (χ0) is 9.61. The Morgan fingerprint density at radius 3 is 2.00 bits per heavy atom. The van der Waals surface area contributed by atoms with Gasteiger partial charge in [0.05, 0.1) is 12.7 Å². The maximum Gasteiger partial charge on any atom is 0.400 e. The molecule has 0 unspecified atom stereocenters. The van der Waals surface area contributed by atoms with E-state index in [1.54, 1.807) is 6.92 Å². The van der Waals surface area contributed by atoms with Crippen molar-refractivity contribution in [2.24, 2.45) is 0 Å². The summed E-state index contributed by atoms with van der Waals surface area (Å²) in [6, 6.07) is 0. The Bertz CT molecular complexity index is 193. The molecule has 4 nitrogen and oxygen atoms in total. The SMILES string of the molecule is CCOS(=O)(=O)OC(CC)CC. The molecule has 0 aliphatic carbocycles. The van der Waals surface area contributed by atoms with Crippen LogP contribution >= 0.6 is 0 Å². The van der Waals surface area contributed by atoms with Crippen LogP contribution in [-0.4, -0.2) is 21.1 Å². The lowest BCUT2D eigenvalue weighted by Gasteiger charge is -2.12. The predicted octanol–water partition coefficient (Wildman–Crippen LogP) is 1.47. The first kappa shape index (κ1) is 11.9. The summed E-state index contributed by atoms with van der Waals surface area (Å²) in [4.78, 5) is 0. The summed E-state index contributed by atoms with van der Waals surface area (Å²) in [5, 5.41) is 0. The molecule has 0 atom stereocenters. The molecule has 74 valence electrons. The van der Waals surface area contributed by atoms with Gasteiger partial charge in [0.2, 0.25) is 0 Å². The van der Waals surface area contributed by atoms with Crippen LogP contribution in [0.3, 0.4) is 0 Å². The van der Waals surface area contributed by atoms with Gasteiger partial charge in [-0.3, -0.25) is 0 Å². The molecule has 12 heavy (non-hydrogen) atoms. The third-order valence-electron chi connectivity index (χ3n) is 1.43. The summed E-state index contributed by atoms with van der Waals surface area (Å²) >= 11 is 0. The first-order valence-corrected chi connectivity index (χ1v) is 5.46. The summed E-state index contributed by atoms with van der Waals surface area (Å²) in [7, 11) is -3.76. The standard InChI is InChI=1S/C7H16O4S/c1-4-7(5-2)11-12(8,9)10-6-3/h7H,4-6H2,1-3H3. The monoisotopic (exact) mass is 196 g/mol. The molecule has 0 rings (SSSR count). The molecular formula is C7H16O4S. The highest BCUT2D eigenvalue weighted by atomic mass is 32.3. The van der Waals surface area contributed by atoms with Crippen molar-refractivity contribution < 1.29 is 16.8 Å². The largest absolute Gasteiger partial charge is 0.400 e. The van der Waals surface area contributed by atoms with Crippen LogP contribution in [0.25, 0.3) is 0 Å². The van der Waals surface area contributed by atoms with Crippen molar-refractivity contribution in [1.29, 1.82) is 0 Å². The normalized spacial score (nSPS) is 12.3. The van der Waals surface area contributed by atoms with E-state index in [1.807, 2.05) is 13.8 Å². The third-order valence-corrected chi connectivity index (χ3v) is 2.46. The Labute approximate surface area is 74.2 Å². The van der Waals surface area contributed by atoms with E-state index in [0.717, 1.165) is 0 Å². The Kier molecular flexibility index (Phi) is 5.44. The van der Waals surface area contributed by atoms with Crippen LogP contribution in [0.2, 0.25) is 0 Å².